The van der Waals surface area contributed by atoms with Crippen LogP contribution in [0.1, 0.15) is 2.74 Å². The van der Waals surface area contributed by atoms with E-state index in [1.807, 2.05) is 36.4 Å². The number of hydrogen-bond acceptors (Lipinski definition) is 0. The second-order valence-corrected chi connectivity index (χ2v) is 11.2. The van der Waals surface area contributed by atoms with Gasteiger partial charge in [-0.1, -0.05) is 115 Å². The van der Waals surface area contributed by atoms with Crippen molar-refractivity contribution >= 4 is 43.6 Å². The molecule has 0 bridgehead atoms. The van der Waals surface area contributed by atoms with Gasteiger partial charge in [0.1, 0.15) is 0 Å². The smallest absolute Gasteiger partial charge is 0.0646 e. The molecule has 2 heteroatoms. The number of para-hydroxylation sites is 3. The minimum Gasteiger partial charge on any atom is -0.309 e. The third-order valence-electron chi connectivity index (χ3n) is 8.70. The Kier molecular flexibility index (Phi) is 5.09. The highest BCUT2D eigenvalue weighted by Crippen LogP contribution is 2.43. The van der Waals surface area contributed by atoms with Gasteiger partial charge in [0.15, 0.2) is 0 Å². The summed E-state index contributed by atoms with van der Waals surface area (Å²) in [7, 11) is 0. The lowest BCUT2D eigenvalue weighted by Gasteiger charge is -2.14. The molecule has 9 rings (SSSR count). The van der Waals surface area contributed by atoms with Crippen molar-refractivity contribution in [2.24, 2.45) is 0 Å². The van der Waals surface area contributed by atoms with Crippen LogP contribution in [0.3, 0.4) is 0 Å². The van der Waals surface area contributed by atoms with Crippen LogP contribution in [0.2, 0.25) is 0 Å². The monoisotopic (exact) mass is 562 g/mol. The van der Waals surface area contributed by atoms with E-state index >= 15 is 0 Å². The van der Waals surface area contributed by atoms with E-state index in [0.717, 1.165) is 77.2 Å². The molecule has 44 heavy (non-hydrogen) atoms. The molecule has 0 saturated carbocycles. The summed E-state index contributed by atoms with van der Waals surface area (Å²) in [6.45, 7) is 0. The maximum atomic E-state index is 9.64. The van der Waals surface area contributed by atoms with Crippen LogP contribution in [0.5, 0.6) is 0 Å². The van der Waals surface area contributed by atoms with Crippen molar-refractivity contribution in [3.63, 3.8) is 0 Å². The van der Waals surface area contributed by atoms with E-state index in [9.17, 15) is 2.74 Å². The van der Waals surface area contributed by atoms with E-state index in [1.54, 1.807) is 0 Å². The molecule has 0 radical (unpaired) electrons. The van der Waals surface area contributed by atoms with E-state index in [1.165, 1.54) is 0 Å². The van der Waals surface area contributed by atoms with Gasteiger partial charge in [-0.15, -0.1) is 0 Å². The van der Waals surface area contributed by atoms with Gasteiger partial charge in [-0.2, -0.15) is 0 Å². The standard InChI is InChI=1S/C42H28N2/c1-4-14-29(15-5-1)31-26-32(30-16-6-2-7-17-30)28-34(27-31)44-38-23-13-11-21-36(38)42-40(44)25-24-39-41(42)35-20-10-12-22-37(35)43(39)33-18-8-3-9-19-33/h1-28H/i24D,25D. The summed E-state index contributed by atoms with van der Waals surface area (Å²) in [5.74, 6) is 0. The molecule has 0 amide bonds. The van der Waals surface area contributed by atoms with Crippen LogP contribution in [0, 0.1) is 0 Å². The molecule has 206 valence electrons. The summed E-state index contributed by atoms with van der Waals surface area (Å²) >= 11 is 0. The number of aromatic nitrogens is 2. The van der Waals surface area contributed by atoms with Crippen LogP contribution in [0.25, 0.3) is 77.2 Å². The highest BCUT2D eigenvalue weighted by atomic mass is 15.0. The van der Waals surface area contributed by atoms with Crippen LogP contribution in [-0.4, -0.2) is 9.13 Å². The van der Waals surface area contributed by atoms with Gasteiger partial charge in [0.25, 0.3) is 0 Å². The lowest BCUT2D eigenvalue weighted by molar-refractivity contribution is 1.17. The highest BCUT2D eigenvalue weighted by molar-refractivity contribution is 6.28. The normalized spacial score (nSPS) is 12.3. The largest absolute Gasteiger partial charge is 0.309 e. The molecule has 2 nitrogen and oxygen atoms in total. The number of hydrogen-bond donors (Lipinski definition) is 0. The summed E-state index contributed by atoms with van der Waals surface area (Å²) in [6, 6.07) is 55.0. The second kappa shape index (κ2) is 9.86. The summed E-state index contributed by atoms with van der Waals surface area (Å²) in [4.78, 5) is 0. The minimum absolute atomic E-state index is 0.213. The topological polar surface area (TPSA) is 9.86 Å². The Balaban J connectivity index is 1.46. The average molecular weight is 563 g/mol. The fourth-order valence-corrected chi connectivity index (χ4v) is 6.79. The molecule has 9 aromatic rings. The number of rotatable bonds is 4. The van der Waals surface area contributed by atoms with Crippen molar-refractivity contribution in [3.8, 4) is 33.6 Å². The molecule has 0 aliphatic heterocycles. The van der Waals surface area contributed by atoms with Crippen molar-refractivity contribution < 1.29 is 2.74 Å². The molecule has 0 aliphatic rings. The van der Waals surface area contributed by atoms with E-state index in [2.05, 4.69) is 130 Å². The van der Waals surface area contributed by atoms with Crippen molar-refractivity contribution in [1.82, 2.24) is 9.13 Å². The van der Waals surface area contributed by atoms with Crippen LogP contribution in [0.15, 0.2) is 170 Å². The SMILES string of the molecule is [2H]c1c([2H])c2c(c3ccccc3n2-c2cc(-c3ccccc3)cc(-c3ccccc3)c2)c2c3ccccc3n(-c3ccccc3)c12. The summed E-state index contributed by atoms with van der Waals surface area (Å²) in [6.07, 6.45) is 0. The first-order chi connectivity index (χ1) is 22.7. The molecule has 0 N–H and O–H groups in total. The molecule has 0 unspecified atom stereocenters. The summed E-state index contributed by atoms with van der Waals surface area (Å²) in [5, 5.41) is 4.15. The first-order valence-corrected chi connectivity index (χ1v) is 15.0. The fraction of sp³-hybridized carbons (Fsp3) is 0. The van der Waals surface area contributed by atoms with Gasteiger partial charge in [-0.25, -0.2) is 0 Å². The zero-order valence-corrected chi connectivity index (χ0v) is 23.9. The van der Waals surface area contributed by atoms with Gasteiger partial charge in [0, 0.05) is 32.9 Å². The average Bonchev–Trinajstić information content (AvgIpc) is 3.65. The number of benzene rings is 7. The van der Waals surface area contributed by atoms with E-state index in [4.69, 9.17) is 0 Å². The van der Waals surface area contributed by atoms with Crippen LogP contribution in [-0.2, 0) is 0 Å². The summed E-state index contributed by atoms with van der Waals surface area (Å²) in [5.41, 5.74) is 9.94. The quantitative estimate of drug-likeness (QED) is 0.202. The number of fused-ring (bicyclic) bond motifs is 7. The molecule has 0 saturated heterocycles. The predicted octanol–water partition coefficient (Wildman–Crippen LogP) is 11.2. The van der Waals surface area contributed by atoms with Crippen molar-refractivity contribution in [2.45, 2.75) is 0 Å². The van der Waals surface area contributed by atoms with Gasteiger partial charge >= 0.3 is 0 Å². The lowest BCUT2D eigenvalue weighted by atomic mass is 9.98. The fourth-order valence-electron chi connectivity index (χ4n) is 6.79. The Morgan fingerprint density at radius 3 is 1.25 bits per heavy atom. The van der Waals surface area contributed by atoms with Crippen molar-refractivity contribution in [3.05, 3.63) is 170 Å². The van der Waals surface area contributed by atoms with E-state index in [0.29, 0.717) is 0 Å². The molecule has 7 aromatic carbocycles. The lowest BCUT2D eigenvalue weighted by Crippen LogP contribution is -1.96. The Morgan fingerprint density at radius 2 is 0.750 bits per heavy atom. The molecule has 0 atom stereocenters. The predicted molar refractivity (Wildman–Crippen MR) is 186 cm³/mol. The first kappa shape index (κ1) is 22.7. The molecule has 2 heterocycles. The van der Waals surface area contributed by atoms with Gasteiger partial charge < -0.3 is 9.13 Å². The van der Waals surface area contributed by atoms with Crippen molar-refractivity contribution in [1.29, 1.82) is 0 Å². The molecule has 0 fully saturated rings. The van der Waals surface area contributed by atoms with E-state index < -0.39 is 0 Å². The third-order valence-corrected chi connectivity index (χ3v) is 8.70. The highest BCUT2D eigenvalue weighted by Gasteiger charge is 2.20. The molecule has 0 spiro atoms. The third kappa shape index (κ3) is 3.75. The Labute approximate surface area is 258 Å². The van der Waals surface area contributed by atoms with Crippen molar-refractivity contribution in [2.75, 3.05) is 0 Å². The maximum absolute atomic E-state index is 9.64. The Bertz CT molecular complexity index is 2520. The zero-order chi connectivity index (χ0) is 30.8. The van der Waals surface area contributed by atoms with Crippen LogP contribution >= 0.6 is 0 Å². The molecular weight excluding hydrogens is 532 g/mol. The summed E-state index contributed by atoms with van der Waals surface area (Å²) < 4.78 is 23.6. The maximum Gasteiger partial charge on any atom is 0.0646 e. The van der Waals surface area contributed by atoms with Crippen LogP contribution in [0.4, 0.5) is 0 Å². The van der Waals surface area contributed by atoms with Gasteiger partial charge in [-0.3, -0.25) is 0 Å². The van der Waals surface area contributed by atoms with E-state index in [-0.39, 0.29) is 12.1 Å². The van der Waals surface area contributed by atoms with Gasteiger partial charge in [0.05, 0.1) is 24.8 Å². The molecular formula is C42H28N2. The zero-order valence-electron chi connectivity index (χ0n) is 25.9. The number of nitrogens with zero attached hydrogens (tertiary/aromatic N) is 2. The first-order valence-electron chi connectivity index (χ1n) is 16.0. The molecule has 2 aromatic heterocycles. The molecule has 0 aliphatic carbocycles. The van der Waals surface area contributed by atoms with Crippen LogP contribution < -0.4 is 0 Å². The Hall–Kier alpha value is -5.86. The second-order valence-electron chi connectivity index (χ2n) is 11.2. The van der Waals surface area contributed by atoms with Gasteiger partial charge in [0.2, 0.25) is 0 Å². The minimum atomic E-state index is 0.213. The Morgan fingerprint density at radius 1 is 0.341 bits per heavy atom. The van der Waals surface area contributed by atoms with Gasteiger partial charge in [-0.05, 0) is 76.8 Å².